The van der Waals surface area contributed by atoms with Gasteiger partial charge in [0, 0.05) is 11.1 Å². The maximum atomic E-state index is 13.8. The van der Waals surface area contributed by atoms with Crippen molar-refractivity contribution in [2.75, 3.05) is 6.61 Å². The summed E-state index contributed by atoms with van der Waals surface area (Å²) >= 11 is 0. The Hall–Kier alpha value is -4.59. The molecule has 5 rings (SSSR count). The van der Waals surface area contributed by atoms with E-state index in [1.54, 1.807) is 32.9 Å². The highest BCUT2D eigenvalue weighted by atomic mass is 19.1. The molecule has 8 heteroatoms. The average Bonchev–Trinajstić information content (AvgIpc) is 3.26. The first-order valence-electron chi connectivity index (χ1n) is 13.7. The van der Waals surface area contributed by atoms with Crippen molar-refractivity contribution in [3.63, 3.8) is 0 Å². The second-order valence-corrected chi connectivity index (χ2v) is 10.2. The molecule has 0 unspecified atom stereocenters. The Labute approximate surface area is 237 Å². The number of aromatic nitrogens is 2. The molecule has 0 saturated heterocycles. The molecule has 2 aromatic carbocycles. The first-order valence-corrected chi connectivity index (χ1v) is 13.7. The number of Topliss-reactive ketones (excluding diaryl/α,β-unsaturated/α-hetero) is 1. The second kappa shape index (κ2) is 11.5. The molecule has 1 aliphatic carbocycles. The standard InChI is InChI=1S/C33H31FN2O5/c1-5-40-32(38)27-18(2)29(35-19(27)3)31(37)20(4)41-33(39)28-24-10-6-7-12-26(24)36-30-22(9-8-11-25(28)30)17-21-13-15-23(34)16-14-21/h6-7,10,12-17,20,35H,5,8-9,11H2,1-4H3/b22-17+/t20-/m0/s1. The zero-order valence-electron chi connectivity index (χ0n) is 23.5. The molecule has 0 amide bonds. The van der Waals surface area contributed by atoms with Gasteiger partial charge in [0.1, 0.15) is 5.82 Å². The van der Waals surface area contributed by atoms with Crippen LogP contribution in [0.1, 0.15) is 86.0 Å². The number of benzene rings is 2. The van der Waals surface area contributed by atoms with E-state index in [9.17, 15) is 18.8 Å². The maximum Gasteiger partial charge on any atom is 0.340 e. The Morgan fingerprint density at radius 3 is 2.49 bits per heavy atom. The van der Waals surface area contributed by atoms with Gasteiger partial charge >= 0.3 is 11.9 Å². The molecule has 2 aromatic heterocycles. The number of aromatic amines is 1. The number of allylic oxidation sites excluding steroid dienone is 1. The third kappa shape index (κ3) is 5.42. The van der Waals surface area contributed by atoms with E-state index in [0.717, 1.165) is 29.5 Å². The lowest BCUT2D eigenvalue weighted by molar-refractivity contribution is 0.0317. The number of ether oxygens (including phenoxy) is 2. The highest BCUT2D eigenvalue weighted by Gasteiger charge is 2.31. The highest BCUT2D eigenvalue weighted by Crippen LogP contribution is 2.36. The van der Waals surface area contributed by atoms with Crippen molar-refractivity contribution in [3.05, 3.63) is 99.2 Å². The number of carbonyl (C=O) groups excluding carboxylic acids is 3. The number of hydrogen-bond acceptors (Lipinski definition) is 6. The van der Waals surface area contributed by atoms with E-state index in [2.05, 4.69) is 4.98 Å². The molecule has 210 valence electrons. The molecule has 0 bridgehead atoms. The number of pyridine rings is 1. The van der Waals surface area contributed by atoms with Crippen molar-refractivity contribution in [3.8, 4) is 0 Å². The summed E-state index contributed by atoms with van der Waals surface area (Å²) in [5.74, 6) is -1.88. The van der Waals surface area contributed by atoms with Crippen LogP contribution in [0.2, 0.25) is 0 Å². The summed E-state index contributed by atoms with van der Waals surface area (Å²) in [6.45, 7) is 6.81. The van der Waals surface area contributed by atoms with Crippen LogP contribution in [0.5, 0.6) is 0 Å². The Balaban J connectivity index is 1.50. The van der Waals surface area contributed by atoms with Gasteiger partial charge in [-0.05, 0) is 93.5 Å². The largest absolute Gasteiger partial charge is 0.462 e. The quantitative estimate of drug-likeness (QED) is 0.199. The third-order valence-electron chi connectivity index (χ3n) is 7.40. The fraction of sp³-hybridized carbons (Fsp3) is 0.273. The number of para-hydroxylation sites is 1. The number of halogens is 1. The lowest BCUT2D eigenvalue weighted by Crippen LogP contribution is -2.26. The van der Waals surface area contributed by atoms with Gasteiger partial charge in [0.2, 0.25) is 5.78 Å². The number of aryl methyl sites for hydroxylation is 1. The van der Waals surface area contributed by atoms with Crippen molar-refractivity contribution >= 4 is 40.3 Å². The number of nitrogens with zero attached hydrogens (tertiary/aromatic N) is 1. The van der Waals surface area contributed by atoms with E-state index < -0.39 is 23.8 Å². The van der Waals surface area contributed by atoms with Gasteiger partial charge in [-0.25, -0.2) is 19.0 Å². The molecule has 4 aromatic rings. The smallest absolute Gasteiger partial charge is 0.340 e. The summed E-state index contributed by atoms with van der Waals surface area (Å²) in [4.78, 5) is 47.5. The second-order valence-electron chi connectivity index (χ2n) is 10.2. The average molecular weight is 555 g/mol. The van der Waals surface area contributed by atoms with Gasteiger partial charge in [0.05, 0.1) is 34.6 Å². The topological polar surface area (TPSA) is 98.4 Å². The van der Waals surface area contributed by atoms with Crippen LogP contribution < -0.4 is 0 Å². The van der Waals surface area contributed by atoms with Gasteiger partial charge in [-0.3, -0.25) is 4.79 Å². The number of esters is 2. The molecule has 0 fully saturated rings. The lowest BCUT2D eigenvalue weighted by Gasteiger charge is -2.23. The number of H-pyrrole nitrogens is 1. The van der Waals surface area contributed by atoms with Gasteiger partial charge in [-0.1, -0.05) is 30.3 Å². The van der Waals surface area contributed by atoms with E-state index in [1.165, 1.54) is 19.1 Å². The SMILES string of the molecule is CCOC(=O)c1c(C)[nH]c(C(=O)[C@H](C)OC(=O)c2c3c(nc4ccccc24)/C(=C/c2ccc(F)cc2)CCC3)c1C. The van der Waals surface area contributed by atoms with E-state index in [-0.39, 0.29) is 18.1 Å². The zero-order chi connectivity index (χ0) is 29.3. The van der Waals surface area contributed by atoms with Crippen molar-refractivity contribution < 1.29 is 28.2 Å². The molecule has 1 aliphatic rings. The predicted octanol–water partition coefficient (Wildman–Crippen LogP) is 6.80. The number of nitrogens with one attached hydrogen (secondary N) is 1. The summed E-state index contributed by atoms with van der Waals surface area (Å²) in [7, 11) is 0. The van der Waals surface area contributed by atoms with Crippen LogP contribution in [0.4, 0.5) is 4.39 Å². The number of ketones is 1. The molecule has 0 saturated carbocycles. The van der Waals surface area contributed by atoms with Crippen molar-refractivity contribution in [2.24, 2.45) is 0 Å². The Bertz CT molecular complexity index is 1700. The van der Waals surface area contributed by atoms with Gasteiger partial charge in [-0.15, -0.1) is 0 Å². The summed E-state index contributed by atoms with van der Waals surface area (Å²) < 4.78 is 24.4. The molecule has 0 radical (unpaired) electrons. The normalized spacial score (nSPS) is 14.5. The zero-order valence-corrected chi connectivity index (χ0v) is 23.5. The van der Waals surface area contributed by atoms with Gasteiger partial charge < -0.3 is 14.5 Å². The summed E-state index contributed by atoms with van der Waals surface area (Å²) in [5.41, 5.74) is 5.77. The molecule has 0 spiro atoms. The van der Waals surface area contributed by atoms with Crippen molar-refractivity contribution in [1.29, 1.82) is 0 Å². The van der Waals surface area contributed by atoms with Crippen LogP contribution in [0, 0.1) is 19.7 Å². The summed E-state index contributed by atoms with van der Waals surface area (Å²) in [6.07, 6.45) is 3.03. The predicted molar refractivity (Wildman–Crippen MR) is 154 cm³/mol. The summed E-state index contributed by atoms with van der Waals surface area (Å²) in [5, 5.41) is 0.649. The van der Waals surface area contributed by atoms with Crippen LogP contribution in [-0.4, -0.2) is 40.4 Å². The van der Waals surface area contributed by atoms with Crippen LogP contribution >= 0.6 is 0 Å². The minimum absolute atomic E-state index is 0.206. The molecule has 0 aliphatic heterocycles. The third-order valence-corrected chi connectivity index (χ3v) is 7.40. The minimum Gasteiger partial charge on any atom is -0.462 e. The first kappa shape index (κ1) is 28.0. The number of carbonyl (C=O) groups is 3. The highest BCUT2D eigenvalue weighted by molar-refractivity contribution is 6.09. The number of rotatable bonds is 7. The molecule has 2 heterocycles. The summed E-state index contributed by atoms with van der Waals surface area (Å²) in [6, 6.07) is 13.6. The van der Waals surface area contributed by atoms with E-state index >= 15 is 0 Å². The molecule has 1 N–H and O–H groups in total. The fourth-order valence-corrected chi connectivity index (χ4v) is 5.45. The van der Waals surface area contributed by atoms with Gasteiger partial charge in [0.25, 0.3) is 0 Å². The fourth-order valence-electron chi connectivity index (χ4n) is 5.45. The first-order chi connectivity index (χ1) is 19.7. The van der Waals surface area contributed by atoms with Crippen LogP contribution in [0.25, 0.3) is 22.6 Å². The van der Waals surface area contributed by atoms with E-state index in [0.29, 0.717) is 45.4 Å². The van der Waals surface area contributed by atoms with Gasteiger partial charge in [0.15, 0.2) is 6.10 Å². The van der Waals surface area contributed by atoms with Crippen LogP contribution in [0.3, 0.4) is 0 Å². The van der Waals surface area contributed by atoms with Gasteiger partial charge in [-0.2, -0.15) is 0 Å². The van der Waals surface area contributed by atoms with E-state index in [1.807, 2.05) is 30.3 Å². The van der Waals surface area contributed by atoms with Crippen molar-refractivity contribution in [1.82, 2.24) is 9.97 Å². The van der Waals surface area contributed by atoms with Crippen molar-refractivity contribution in [2.45, 2.75) is 53.1 Å². The lowest BCUT2D eigenvalue weighted by atomic mass is 9.86. The molecule has 7 nitrogen and oxygen atoms in total. The number of hydrogen-bond donors (Lipinski definition) is 1. The Morgan fingerprint density at radius 1 is 1.02 bits per heavy atom. The molecule has 41 heavy (non-hydrogen) atoms. The minimum atomic E-state index is -1.12. The molecule has 1 atom stereocenters. The van der Waals surface area contributed by atoms with E-state index in [4.69, 9.17) is 14.5 Å². The maximum absolute atomic E-state index is 13.8. The molecular weight excluding hydrogens is 523 g/mol. The monoisotopic (exact) mass is 554 g/mol. The van der Waals surface area contributed by atoms with Crippen LogP contribution in [0.15, 0.2) is 48.5 Å². The molecular formula is C33H31FN2O5. The number of fused-ring (bicyclic) bond motifs is 2. The Morgan fingerprint density at radius 2 is 1.76 bits per heavy atom. The van der Waals surface area contributed by atoms with Crippen LogP contribution in [-0.2, 0) is 15.9 Å². The Kier molecular flexibility index (Phi) is 7.83.